The summed E-state index contributed by atoms with van der Waals surface area (Å²) in [6.45, 7) is 5.09. The SMILES string of the molecule is CCN(CC)S(=O)(=O)c1cccc(-c2nnc(SCc3ccc(C(N)=O)cc3)n2CCc2ccccc2)c1. The van der Waals surface area contributed by atoms with Crippen molar-refractivity contribution in [2.24, 2.45) is 5.73 Å². The number of carbonyl (C=O) groups is 1. The maximum absolute atomic E-state index is 13.2. The number of primary amides is 1. The lowest BCUT2D eigenvalue weighted by molar-refractivity contribution is 0.1000. The first-order chi connectivity index (χ1) is 18.3. The Hall–Kier alpha value is -3.47. The number of hydrogen-bond acceptors (Lipinski definition) is 6. The van der Waals surface area contributed by atoms with E-state index in [2.05, 4.69) is 22.3 Å². The highest BCUT2D eigenvalue weighted by Gasteiger charge is 2.23. The molecule has 8 nitrogen and oxygen atoms in total. The Morgan fingerprint density at radius 3 is 2.29 bits per heavy atom. The van der Waals surface area contributed by atoms with Crippen LogP contribution in [0.3, 0.4) is 0 Å². The second-order valence-electron chi connectivity index (χ2n) is 8.66. The number of thioether (sulfide) groups is 1. The second-order valence-corrected chi connectivity index (χ2v) is 11.5. The molecule has 0 fully saturated rings. The Kier molecular flexibility index (Phi) is 8.98. The summed E-state index contributed by atoms with van der Waals surface area (Å²) in [5, 5.41) is 9.67. The summed E-state index contributed by atoms with van der Waals surface area (Å²) in [6.07, 6.45) is 0.768. The van der Waals surface area contributed by atoms with Crippen molar-refractivity contribution in [1.29, 1.82) is 0 Å². The number of carbonyl (C=O) groups excluding carboxylic acids is 1. The van der Waals surface area contributed by atoms with Crippen LogP contribution in [-0.4, -0.2) is 46.5 Å². The van der Waals surface area contributed by atoms with Crippen LogP contribution in [0.25, 0.3) is 11.4 Å². The molecule has 1 aromatic heterocycles. The van der Waals surface area contributed by atoms with E-state index >= 15 is 0 Å². The van der Waals surface area contributed by atoms with Gasteiger partial charge >= 0.3 is 0 Å². The number of aromatic nitrogens is 3. The lowest BCUT2D eigenvalue weighted by Crippen LogP contribution is -2.30. The van der Waals surface area contributed by atoms with E-state index in [0.717, 1.165) is 17.1 Å². The van der Waals surface area contributed by atoms with Crippen LogP contribution in [0.5, 0.6) is 0 Å². The topological polar surface area (TPSA) is 111 Å². The molecule has 0 bridgehead atoms. The van der Waals surface area contributed by atoms with Crippen LogP contribution >= 0.6 is 11.8 Å². The Labute approximate surface area is 227 Å². The van der Waals surface area contributed by atoms with E-state index in [1.807, 2.05) is 54.8 Å². The van der Waals surface area contributed by atoms with Gasteiger partial charge in [-0.25, -0.2) is 8.42 Å². The first-order valence-electron chi connectivity index (χ1n) is 12.4. The molecule has 1 amide bonds. The van der Waals surface area contributed by atoms with Crippen molar-refractivity contribution in [3.05, 3.63) is 95.6 Å². The zero-order valence-corrected chi connectivity index (χ0v) is 23.1. The molecule has 4 aromatic rings. The van der Waals surface area contributed by atoms with E-state index in [9.17, 15) is 13.2 Å². The fraction of sp³-hybridized carbons (Fsp3) is 0.250. The molecule has 3 aromatic carbocycles. The average Bonchev–Trinajstić information content (AvgIpc) is 3.35. The number of amides is 1. The van der Waals surface area contributed by atoms with E-state index < -0.39 is 15.9 Å². The summed E-state index contributed by atoms with van der Waals surface area (Å²) in [5.41, 5.74) is 8.71. The Morgan fingerprint density at radius 1 is 0.921 bits per heavy atom. The van der Waals surface area contributed by atoms with Crippen molar-refractivity contribution in [2.75, 3.05) is 13.1 Å². The molecule has 0 aliphatic heterocycles. The number of sulfonamides is 1. The summed E-state index contributed by atoms with van der Waals surface area (Å²) in [6, 6.07) is 24.2. The minimum atomic E-state index is -3.61. The molecular formula is C28H31N5O3S2. The standard InChI is InChI=1S/C28H31N5O3S2/c1-3-32(4-2)38(35,36)25-12-8-11-24(19-25)27-30-31-28(33(27)18-17-21-9-6-5-7-10-21)37-20-22-13-15-23(16-14-22)26(29)34/h5-16,19H,3-4,17-18,20H2,1-2H3,(H2,29,34). The molecule has 0 aliphatic carbocycles. The Balaban J connectivity index is 1.65. The molecule has 38 heavy (non-hydrogen) atoms. The molecular weight excluding hydrogens is 518 g/mol. The molecule has 0 saturated heterocycles. The van der Waals surface area contributed by atoms with Crippen LogP contribution in [0, 0.1) is 0 Å². The fourth-order valence-corrected chi connectivity index (χ4v) is 6.54. The third kappa shape index (κ3) is 6.32. The highest BCUT2D eigenvalue weighted by molar-refractivity contribution is 7.98. The van der Waals surface area contributed by atoms with Gasteiger partial charge in [0.2, 0.25) is 15.9 Å². The van der Waals surface area contributed by atoms with Crippen LogP contribution in [0.4, 0.5) is 0 Å². The van der Waals surface area contributed by atoms with Crippen LogP contribution in [0.15, 0.2) is 88.9 Å². The minimum absolute atomic E-state index is 0.236. The number of nitrogens with two attached hydrogens (primary N) is 1. The van der Waals surface area contributed by atoms with Gasteiger partial charge in [-0.05, 0) is 41.8 Å². The molecule has 0 spiro atoms. The van der Waals surface area contributed by atoms with Crippen LogP contribution < -0.4 is 5.73 Å². The second kappa shape index (κ2) is 12.4. The average molecular weight is 550 g/mol. The molecule has 0 aliphatic rings. The van der Waals surface area contributed by atoms with E-state index in [1.165, 1.54) is 21.6 Å². The zero-order valence-electron chi connectivity index (χ0n) is 21.4. The molecule has 4 rings (SSSR count). The third-order valence-electron chi connectivity index (χ3n) is 6.23. The fourth-order valence-electron chi connectivity index (χ4n) is 4.12. The van der Waals surface area contributed by atoms with Gasteiger partial charge in [-0.2, -0.15) is 4.31 Å². The number of rotatable bonds is 12. The predicted molar refractivity (Wildman–Crippen MR) is 150 cm³/mol. The highest BCUT2D eigenvalue weighted by Crippen LogP contribution is 2.29. The largest absolute Gasteiger partial charge is 0.366 e. The lowest BCUT2D eigenvalue weighted by Gasteiger charge is -2.19. The van der Waals surface area contributed by atoms with Gasteiger partial charge in [0.05, 0.1) is 4.90 Å². The summed E-state index contributed by atoms with van der Waals surface area (Å²) in [4.78, 5) is 11.6. The monoisotopic (exact) mass is 549 g/mol. The van der Waals surface area contributed by atoms with E-state index in [0.29, 0.717) is 42.3 Å². The molecule has 198 valence electrons. The van der Waals surface area contributed by atoms with Crippen molar-refractivity contribution in [3.8, 4) is 11.4 Å². The van der Waals surface area contributed by atoms with Crippen LogP contribution in [-0.2, 0) is 28.7 Å². The van der Waals surface area contributed by atoms with Crippen molar-refractivity contribution >= 4 is 27.7 Å². The van der Waals surface area contributed by atoms with Crippen LogP contribution in [0.2, 0.25) is 0 Å². The summed E-state index contributed by atoms with van der Waals surface area (Å²) in [5.74, 6) is 0.780. The number of benzene rings is 3. The molecule has 10 heteroatoms. The maximum Gasteiger partial charge on any atom is 0.248 e. The van der Waals surface area contributed by atoms with Gasteiger partial charge in [0.25, 0.3) is 0 Å². The summed E-state index contributed by atoms with van der Waals surface area (Å²) < 4.78 is 29.8. The smallest absolute Gasteiger partial charge is 0.248 e. The molecule has 2 N–H and O–H groups in total. The van der Waals surface area contributed by atoms with E-state index in [1.54, 1.807) is 30.3 Å². The molecule has 1 heterocycles. The normalized spacial score (nSPS) is 11.7. The number of hydrogen-bond donors (Lipinski definition) is 1. The van der Waals surface area contributed by atoms with E-state index in [4.69, 9.17) is 5.73 Å². The Bertz CT molecular complexity index is 1480. The predicted octanol–water partition coefficient (Wildman–Crippen LogP) is 4.61. The van der Waals surface area contributed by atoms with Gasteiger partial charge < -0.3 is 10.3 Å². The quantitative estimate of drug-likeness (QED) is 0.258. The van der Waals surface area contributed by atoms with Gasteiger partial charge in [0.15, 0.2) is 11.0 Å². The lowest BCUT2D eigenvalue weighted by atomic mass is 10.1. The molecule has 0 saturated carbocycles. The van der Waals surface area contributed by atoms with Gasteiger partial charge in [0.1, 0.15) is 0 Å². The zero-order chi connectivity index (χ0) is 27.1. The highest BCUT2D eigenvalue weighted by atomic mass is 32.2. The van der Waals surface area contributed by atoms with Gasteiger partial charge in [0, 0.05) is 36.5 Å². The Morgan fingerprint density at radius 2 is 1.63 bits per heavy atom. The molecule has 0 atom stereocenters. The molecule has 0 unspecified atom stereocenters. The van der Waals surface area contributed by atoms with Crippen molar-refractivity contribution < 1.29 is 13.2 Å². The first-order valence-corrected chi connectivity index (χ1v) is 14.8. The van der Waals surface area contributed by atoms with Crippen molar-refractivity contribution in [1.82, 2.24) is 19.1 Å². The maximum atomic E-state index is 13.2. The number of nitrogens with zero attached hydrogens (tertiary/aromatic N) is 4. The summed E-state index contributed by atoms with van der Waals surface area (Å²) in [7, 11) is -3.61. The van der Waals surface area contributed by atoms with Crippen molar-refractivity contribution in [2.45, 2.75) is 42.6 Å². The van der Waals surface area contributed by atoms with E-state index in [-0.39, 0.29) is 4.90 Å². The van der Waals surface area contributed by atoms with Gasteiger partial charge in [-0.3, -0.25) is 4.79 Å². The number of aryl methyl sites for hydroxylation is 1. The molecule has 0 radical (unpaired) electrons. The summed E-state index contributed by atoms with van der Waals surface area (Å²) >= 11 is 1.53. The van der Waals surface area contributed by atoms with Crippen molar-refractivity contribution in [3.63, 3.8) is 0 Å². The van der Waals surface area contributed by atoms with Crippen LogP contribution in [0.1, 0.15) is 35.3 Å². The van der Waals surface area contributed by atoms with Gasteiger partial charge in [-0.15, -0.1) is 10.2 Å². The minimum Gasteiger partial charge on any atom is -0.366 e. The van der Waals surface area contributed by atoms with Gasteiger partial charge in [-0.1, -0.05) is 80.2 Å². The first kappa shape index (κ1) is 27.6. The third-order valence-corrected chi connectivity index (χ3v) is 9.31.